The fraction of sp³-hybridized carbons (Fsp3) is 0.0909. The first-order valence-corrected chi connectivity index (χ1v) is 6.56. The van der Waals surface area contributed by atoms with Gasteiger partial charge in [-0.25, -0.2) is 9.97 Å². The lowest BCUT2D eigenvalue weighted by molar-refractivity contribution is 1.00. The first-order valence-electron chi connectivity index (χ1n) is 4.82. The topological polar surface area (TPSA) is 30.2 Å². The predicted octanol–water partition coefficient (Wildman–Crippen LogP) is 3.14. The molecule has 0 fully saturated rings. The van der Waals surface area contributed by atoms with Gasteiger partial charge in [0.25, 0.3) is 0 Å². The van der Waals surface area contributed by atoms with Crippen LogP contribution in [0.1, 0.15) is 11.3 Å². The molecule has 0 radical (unpaired) electrons. The zero-order valence-electron chi connectivity index (χ0n) is 8.30. The second-order valence-electron chi connectivity index (χ2n) is 3.48. The number of nitrogens with zero attached hydrogens (tertiary/aromatic N) is 3. The van der Waals surface area contributed by atoms with Gasteiger partial charge in [-0.2, -0.15) is 11.3 Å². The molecular formula is C11H8BrN3S. The summed E-state index contributed by atoms with van der Waals surface area (Å²) in [5.41, 5.74) is 3.20. The molecule has 3 aromatic heterocycles. The monoisotopic (exact) mass is 293 g/mol. The van der Waals surface area contributed by atoms with E-state index in [1.54, 1.807) is 17.5 Å². The third-order valence-electron chi connectivity index (χ3n) is 2.37. The Morgan fingerprint density at radius 3 is 3.19 bits per heavy atom. The molecule has 0 spiro atoms. The van der Waals surface area contributed by atoms with Gasteiger partial charge in [-0.05, 0) is 38.3 Å². The zero-order valence-corrected chi connectivity index (χ0v) is 10.7. The van der Waals surface area contributed by atoms with Crippen molar-refractivity contribution in [2.75, 3.05) is 0 Å². The van der Waals surface area contributed by atoms with Crippen LogP contribution in [0.15, 0.2) is 40.0 Å². The number of thiophene rings is 1. The van der Waals surface area contributed by atoms with E-state index in [0.29, 0.717) is 0 Å². The summed E-state index contributed by atoms with van der Waals surface area (Å²) >= 11 is 5.12. The van der Waals surface area contributed by atoms with E-state index >= 15 is 0 Å². The Kier molecular flexibility index (Phi) is 2.49. The van der Waals surface area contributed by atoms with E-state index in [9.17, 15) is 0 Å². The Bertz CT molecular complexity index is 615. The Morgan fingerprint density at radius 2 is 2.38 bits per heavy atom. The van der Waals surface area contributed by atoms with Crippen molar-refractivity contribution >= 4 is 32.9 Å². The van der Waals surface area contributed by atoms with Crippen LogP contribution in [0, 0.1) is 0 Å². The lowest BCUT2D eigenvalue weighted by atomic mass is 10.2. The van der Waals surface area contributed by atoms with Gasteiger partial charge >= 0.3 is 0 Å². The maximum Gasteiger partial charge on any atom is 0.158 e. The molecule has 0 aromatic carbocycles. The Balaban J connectivity index is 2.11. The molecule has 3 heterocycles. The van der Waals surface area contributed by atoms with Crippen LogP contribution in [0.2, 0.25) is 0 Å². The number of rotatable bonds is 2. The minimum Gasteiger partial charge on any atom is -0.303 e. The smallest absolute Gasteiger partial charge is 0.158 e. The van der Waals surface area contributed by atoms with Crippen molar-refractivity contribution in [3.05, 3.63) is 51.3 Å². The molecule has 0 unspecified atom stereocenters. The lowest BCUT2D eigenvalue weighted by Gasteiger charge is -2.02. The highest BCUT2D eigenvalue weighted by molar-refractivity contribution is 9.10. The molecule has 5 heteroatoms. The zero-order chi connectivity index (χ0) is 11.0. The number of aromatic nitrogens is 3. The van der Waals surface area contributed by atoms with Crippen molar-refractivity contribution < 1.29 is 0 Å². The molecule has 0 atom stereocenters. The Morgan fingerprint density at radius 1 is 1.44 bits per heavy atom. The molecule has 80 valence electrons. The fourth-order valence-corrected chi connectivity index (χ4v) is 2.77. The van der Waals surface area contributed by atoms with Crippen LogP contribution in [0.3, 0.4) is 0 Å². The van der Waals surface area contributed by atoms with Crippen LogP contribution in [0.5, 0.6) is 0 Å². The van der Waals surface area contributed by atoms with Crippen molar-refractivity contribution in [2.24, 2.45) is 0 Å². The summed E-state index contributed by atoms with van der Waals surface area (Å²) in [7, 11) is 0. The van der Waals surface area contributed by atoms with E-state index in [0.717, 1.165) is 22.4 Å². The van der Waals surface area contributed by atoms with Crippen LogP contribution in [-0.4, -0.2) is 14.4 Å². The first-order chi connectivity index (χ1) is 7.83. The molecule has 0 saturated carbocycles. The number of hydrogen-bond donors (Lipinski definition) is 0. The van der Waals surface area contributed by atoms with E-state index in [-0.39, 0.29) is 0 Å². The number of imidazole rings is 1. The highest BCUT2D eigenvalue weighted by Gasteiger charge is 2.07. The van der Waals surface area contributed by atoms with Crippen molar-refractivity contribution in [3.8, 4) is 0 Å². The second kappa shape index (κ2) is 3.99. The van der Waals surface area contributed by atoms with E-state index in [1.807, 2.05) is 16.8 Å². The van der Waals surface area contributed by atoms with E-state index in [1.165, 1.54) is 5.56 Å². The number of halogens is 1. The third kappa shape index (κ3) is 1.76. The highest BCUT2D eigenvalue weighted by Crippen LogP contribution is 2.17. The molecule has 3 aromatic rings. The van der Waals surface area contributed by atoms with Crippen LogP contribution in [0.25, 0.3) is 5.65 Å². The van der Waals surface area contributed by atoms with Gasteiger partial charge in [-0.3, -0.25) is 0 Å². The van der Waals surface area contributed by atoms with Crippen LogP contribution in [0.4, 0.5) is 0 Å². The molecule has 0 amide bonds. The summed E-state index contributed by atoms with van der Waals surface area (Å²) in [4.78, 5) is 8.81. The normalized spacial score (nSPS) is 11.1. The maximum atomic E-state index is 4.49. The quantitative estimate of drug-likeness (QED) is 0.727. The molecule has 0 saturated heterocycles. The van der Waals surface area contributed by atoms with Crippen molar-refractivity contribution in [1.29, 1.82) is 0 Å². The van der Waals surface area contributed by atoms with Crippen LogP contribution >= 0.6 is 27.3 Å². The lowest BCUT2D eigenvalue weighted by Crippen LogP contribution is -1.97. The third-order valence-corrected chi connectivity index (χ3v) is 3.48. The molecule has 0 aliphatic rings. The number of hydrogen-bond acceptors (Lipinski definition) is 3. The molecule has 16 heavy (non-hydrogen) atoms. The van der Waals surface area contributed by atoms with Gasteiger partial charge < -0.3 is 4.40 Å². The molecule has 0 N–H and O–H groups in total. The van der Waals surface area contributed by atoms with Gasteiger partial charge in [0, 0.05) is 25.0 Å². The van der Waals surface area contributed by atoms with Crippen LogP contribution in [-0.2, 0) is 6.42 Å². The molecule has 3 rings (SSSR count). The predicted molar refractivity (Wildman–Crippen MR) is 67.8 cm³/mol. The summed E-state index contributed by atoms with van der Waals surface area (Å²) in [5, 5.41) is 4.22. The minimum atomic E-state index is 0.823. The van der Waals surface area contributed by atoms with Gasteiger partial charge in [0.05, 0.1) is 5.69 Å². The van der Waals surface area contributed by atoms with Gasteiger partial charge in [0.1, 0.15) is 4.60 Å². The average Bonchev–Trinajstić information content (AvgIpc) is 2.87. The molecule has 0 aliphatic carbocycles. The van der Waals surface area contributed by atoms with Gasteiger partial charge in [0.15, 0.2) is 5.65 Å². The molecule has 0 aliphatic heterocycles. The summed E-state index contributed by atoms with van der Waals surface area (Å²) in [6.45, 7) is 0. The second-order valence-corrected chi connectivity index (χ2v) is 5.07. The highest BCUT2D eigenvalue weighted by atomic mass is 79.9. The van der Waals surface area contributed by atoms with E-state index < -0.39 is 0 Å². The van der Waals surface area contributed by atoms with Crippen LogP contribution < -0.4 is 0 Å². The van der Waals surface area contributed by atoms with Gasteiger partial charge in [0.2, 0.25) is 0 Å². The van der Waals surface area contributed by atoms with Crippen molar-refractivity contribution in [2.45, 2.75) is 6.42 Å². The molecule has 3 nitrogen and oxygen atoms in total. The maximum absolute atomic E-state index is 4.49. The fourth-order valence-electron chi connectivity index (χ4n) is 1.67. The Labute approximate surface area is 105 Å². The average molecular weight is 294 g/mol. The molecular weight excluding hydrogens is 286 g/mol. The van der Waals surface area contributed by atoms with Gasteiger partial charge in [-0.15, -0.1) is 0 Å². The Hall–Kier alpha value is -1.20. The molecule has 0 bridgehead atoms. The van der Waals surface area contributed by atoms with Crippen molar-refractivity contribution in [3.63, 3.8) is 0 Å². The SMILES string of the molecule is Brc1cn2ccnc2c(Cc2ccsc2)n1. The van der Waals surface area contributed by atoms with Gasteiger partial charge in [-0.1, -0.05) is 0 Å². The first kappa shape index (κ1) is 9.99. The summed E-state index contributed by atoms with van der Waals surface area (Å²) in [5.74, 6) is 0. The van der Waals surface area contributed by atoms with Crippen molar-refractivity contribution in [1.82, 2.24) is 14.4 Å². The largest absolute Gasteiger partial charge is 0.303 e. The summed E-state index contributed by atoms with van der Waals surface area (Å²) in [6, 6.07) is 2.12. The summed E-state index contributed by atoms with van der Waals surface area (Å²) < 4.78 is 2.82. The summed E-state index contributed by atoms with van der Waals surface area (Å²) in [6.07, 6.45) is 6.46. The minimum absolute atomic E-state index is 0.823. The van der Waals surface area contributed by atoms with E-state index in [4.69, 9.17) is 0 Å². The standard InChI is InChI=1S/C11H8BrN3S/c12-10-6-15-3-2-13-11(15)9(14-10)5-8-1-4-16-7-8/h1-4,6-7H,5H2. The number of fused-ring (bicyclic) bond motifs is 1. The van der Waals surface area contributed by atoms with E-state index in [2.05, 4.69) is 42.7 Å².